The predicted molar refractivity (Wildman–Crippen MR) is 99.0 cm³/mol. The zero-order chi connectivity index (χ0) is 16.9. The van der Waals surface area contributed by atoms with Gasteiger partial charge in [0.15, 0.2) is 0 Å². The molecule has 0 aliphatic heterocycles. The van der Waals surface area contributed by atoms with Crippen LogP contribution in [0.5, 0.6) is 0 Å². The Morgan fingerprint density at radius 1 is 1.17 bits per heavy atom. The van der Waals surface area contributed by atoms with Gasteiger partial charge in [-0.3, -0.25) is 4.79 Å². The molecule has 0 spiro atoms. The SMILES string of the molecule is Cc1[nH]c2ccccc2c1C1(C(=O)Nc2cc(Cl)ccc2Cl)CC1. The van der Waals surface area contributed by atoms with Crippen LogP contribution in [0.3, 0.4) is 0 Å². The first-order valence-corrected chi connectivity index (χ1v) is 8.61. The second-order valence-corrected chi connectivity index (χ2v) is 7.17. The molecule has 2 N–H and O–H groups in total. The number of nitrogens with one attached hydrogen (secondary N) is 2. The first-order valence-electron chi connectivity index (χ1n) is 7.85. The van der Waals surface area contributed by atoms with Gasteiger partial charge >= 0.3 is 0 Å². The van der Waals surface area contributed by atoms with Crippen molar-refractivity contribution in [3.63, 3.8) is 0 Å². The zero-order valence-corrected chi connectivity index (χ0v) is 14.6. The second-order valence-electron chi connectivity index (χ2n) is 6.33. The minimum atomic E-state index is -0.491. The topological polar surface area (TPSA) is 44.9 Å². The van der Waals surface area contributed by atoms with Gasteiger partial charge in [0.2, 0.25) is 5.91 Å². The molecule has 1 saturated carbocycles. The Morgan fingerprint density at radius 2 is 1.92 bits per heavy atom. The Balaban J connectivity index is 1.74. The maximum Gasteiger partial charge on any atom is 0.235 e. The molecular formula is C19H16Cl2N2O. The van der Waals surface area contributed by atoms with Gasteiger partial charge in [-0.1, -0.05) is 41.4 Å². The molecule has 1 aliphatic carbocycles. The first kappa shape index (κ1) is 15.6. The molecule has 0 bridgehead atoms. The van der Waals surface area contributed by atoms with Crippen LogP contribution >= 0.6 is 23.2 Å². The van der Waals surface area contributed by atoms with Gasteiger partial charge in [-0.25, -0.2) is 0 Å². The van der Waals surface area contributed by atoms with Crippen molar-refractivity contribution in [3.8, 4) is 0 Å². The third-order valence-corrected chi connectivity index (χ3v) is 5.30. The largest absolute Gasteiger partial charge is 0.358 e. The average molecular weight is 359 g/mol. The number of aromatic nitrogens is 1. The molecule has 1 heterocycles. The number of anilines is 1. The fourth-order valence-electron chi connectivity index (χ4n) is 3.44. The Morgan fingerprint density at radius 3 is 2.67 bits per heavy atom. The number of para-hydroxylation sites is 1. The van der Waals surface area contributed by atoms with Gasteiger partial charge in [-0.2, -0.15) is 0 Å². The third kappa shape index (κ3) is 2.40. The fraction of sp³-hybridized carbons (Fsp3) is 0.211. The van der Waals surface area contributed by atoms with Gasteiger partial charge in [0, 0.05) is 21.6 Å². The number of amides is 1. The van der Waals surface area contributed by atoms with Crippen LogP contribution in [0.4, 0.5) is 5.69 Å². The van der Waals surface area contributed by atoms with E-state index in [9.17, 15) is 4.79 Å². The lowest BCUT2D eigenvalue weighted by atomic mass is 9.92. The van der Waals surface area contributed by atoms with Crippen LogP contribution in [-0.4, -0.2) is 10.9 Å². The van der Waals surface area contributed by atoms with E-state index in [1.165, 1.54) is 0 Å². The van der Waals surface area contributed by atoms with Gasteiger partial charge < -0.3 is 10.3 Å². The quantitative estimate of drug-likeness (QED) is 0.641. The van der Waals surface area contributed by atoms with Crippen LogP contribution in [0, 0.1) is 6.92 Å². The van der Waals surface area contributed by atoms with E-state index in [0.717, 1.165) is 35.0 Å². The Hall–Kier alpha value is -1.97. The van der Waals surface area contributed by atoms with Crippen LogP contribution in [0.25, 0.3) is 10.9 Å². The molecule has 1 amide bonds. The molecule has 2 aromatic carbocycles. The molecule has 1 aliphatic rings. The predicted octanol–water partition coefficient (Wildman–Crippen LogP) is 5.45. The molecule has 0 radical (unpaired) electrons. The molecular weight excluding hydrogens is 343 g/mol. The Kier molecular flexibility index (Phi) is 3.59. The summed E-state index contributed by atoms with van der Waals surface area (Å²) in [5, 5.41) is 5.11. The number of carbonyl (C=O) groups excluding carboxylic acids is 1. The molecule has 1 fully saturated rings. The molecule has 3 aromatic rings. The van der Waals surface area contributed by atoms with E-state index >= 15 is 0 Å². The van der Waals surface area contributed by atoms with Gasteiger partial charge in [-0.15, -0.1) is 0 Å². The van der Waals surface area contributed by atoms with Crippen molar-refractivity contribution >= 4 is 45.7 Å². The lowest BCUT2D eigenvalue weighted by Gasteiger charge is -2.17. The Bertz CT molecular complexity index is 957. The number of hydrogen-bond donors (Lipinski definition) is 2. The van der Waals surface area contributed by atoms with Crippen LogP contribution in [0.1, 0.15) is 24.1 Å². The van der Waals surface area contributed by atoms with Crippen molar-refractivity contribution in [1.82, 2.24) is 4.98 Å². The van der Waals surface area contributed by atoms with Crippen LogP contribution < -0.4 is 5.32 Å². The summed E-state index contributed by atoms with van der Waals surface area (Å²) >= 11 is 12.2. The molecule has 1 aromatic heterocycles. The van der Waals surface area contributed by atoms with Crippen LogP contribution in [0.15, 0.2) is 42.5 Å². The monoisotopic (exact) mass is 358 g/mol. The van der Waals surface area contributed by atoms with Crippen molar-refractivity contribution in [1.29, 1.82) is 0 Å². The highest BCUT2D eigenvalue weighted by Crippen LogP contribution is 2.52. The summed E-state index contributed by atoms with van der Waals surface area (Å²) in [4.78, 5) is 16.4. The van der Waals surface area contributed by atoms with Crippen molar-refractivity contribution in [2.24, 2.45) is 0 Å². The zero-order valence-electron chi connectivity index (χ0n) is 13.1. The number of H-pyrrole nitrogens is 1. The van der Waals surface area contributed by atoms with E-state index in [2.05, 4.69) is 16.4 Å². The summed E-state index contributed by atoms with van der Waals surface area (Å²) in [5.74, 6) is -0.0282. The number of aryl methyl sites for hydroxylation is 1. The number of benzene rings is 2. The van der Waals surface area contributed by atoms with Gasteiger partial charge in [0.05, 0.1) is 16.1 Å². The summed E-state index contributed by atoms with van der Waals surface area (Å²) in [6.07, 6.45) is 1.67. The highest BCUT2D eigenvalue weighted by atomic mass is 35.5. The maximum atomic E-state index is 13.0. The summed E-state index contributed by atoms with van der Waals surface area (Å²) in [7, 11) is 0. The lowest BCUT2D eigenvalue weighted by Crippen LogP contribution is -2.28. The third-order valence-electron chi connectivity index (χ3n) is 4.73. The number of carbonyl (C=O) groups is 1. The molecule has 0 unspecified atom stereocenters. The number of fused-ring (bicyclic) bond motifs is 1. The van der Waals surface area contributed by atoms with E-state index < -0.39 is 5.41 Å². The summed E-state index contributed by atoms with van der Waals surface area (Å²) in [5.41, 5.74) is 3.26. The van der Waals surface area contributed by atoms with E-state index in [-0.39, 0.29) is 5.91 Å². The van der Waals surface area contributed by atoms with Crippen LogP contribution in [-0.2, 0) is 10.2 Å². The smallest absolute Gasteiger partial charge is 0.235 e. The number of rotatable bonds is 3. The molecule has 24 heavy (non-hydrogen) atoms. The van der Waals surface area contributed by atoms with Crippen LogP contribution in [0.2, 0.25) is 10.0 Å². The molecule has 0 atom stereocenters. The molecule has 5 heteroatoms. The van der Waals surface area contributed by atoms with Crippen molar-refractivity contribution in [2.45, 2.75) is 25.2 Å². The average Bonchev–Trinajstić information content (AvgIpc) is 3.28. The summed E-state index contributed by atoms with van der Waals surface area (Å²) < 4.78 is 0. The van der Waals surface area contributed by atoms with E-state index in [4.69, 9.17) is 23.2 Å². The fourth-order valence-corrected chi connectivity index (χ4v) is 3.78. The molecule has 0 saturated heterocycles. The number of halogens is 2. The Labute approximate surface area is 150 Å². The minimum Gasteiger partial charge on any atom is -0.358 e. The number of hydrogen-bond acceptors (Lipinski definition) is 1. The van der Waals surface area contributed by atoms with E-state index in [1.54, 1.807) is 18.2 Å². The lowest BCUT2D eigenvalue weighted by molar-refractivity contribution is -0.118. The van der Waals surface area contributed by atoms with Crippen molar-refractivity contribution in [2.75, 3.05) is 5.32 Å². The highest BCUT2D eigenvalue weighted by Gasteiger charge is 2.53. The number of aromatic amines is 1. The van der Waals surface area contributed by atoms with Gasteiger partial charge in [0.25, 0.3) is 0 Å². The summed E-state index contributed by atoms with van der Waals surface area (Å²) in [6, 6.07) is 13.2. The highest BCUT2D eigenvalue weighted by molar-refractivity contribution is 6.35. The standard InChI is InChI=1S/C19H16Cl2N2O/c1-11-17(13-4-2-3-5-15(13)22-11)19(8-9-19)18(24)23-16-10-12(20)6-7-14(16)21/h2-7,10,22H,8-9H2,1H3,(H,23,24). The molecule has 4 rings (SSSR count). The van der Waals surface area contributed by atoms with Gasteiger partial charge in [-0.05, 0) is 49.6 Å². The van der Waals surface area contributed by atoms with Crippen molar-refractivity contribution in [3.05, 3.63) is 63.8 Å². The van der Waals surface area contributed by atoms with E-state index in [1.807, 2.05) is 25.1 Å². The maximum absolute atomic E-state index is 13.0. The minimum absolute atomic E-state index is 0.0282. The van der Waals surface area contributed by atoms with Crippen molar-refractivity contribution < 1.29 is 4.79 Å². The molecule has 3 nitrogen and oxygen atoms in total. The second kappa shape index (κ2) is 5.54. The van der Waals surface area contributed by atoms with Gasteiger partial charge in [0.1, 0.15) is 0 Å². The van der Waals surface area contributed by atoms with E-state index in [0.29, 0.717) is 15.7 Å². The summed E-state index contributed by atoms with van der Waals surface area (Å²) in [6.45, 7) is 2.02. The first-order chi connectivity index (χ1) is 11.5. The normalized spacial score (nSPS) is 15.5. The molecule has 122 valence electrons.